The second-order valence-corrected chi connectivity index (χ2v) is 6.57. The van der Waals surface area contributed by atoms with Crippen LogP contribution >= 0.6 is 23.2 Å². The number of carbonyl (C=O) groups is 2. The van der Waals surface area contributed by atoms with Gasteiger partial charge in [-0.3, -0.25) is 9.59 Å². The molecule has 7 heteroatoms. The number of rotatable bonds is 6. The van der Waals surface area contributed by atoms with Crippen molar-refractivity contribution in [2.75, 3.05) is 5.32 Å². The number of hydrazone groups is 1. The van der Waals surface area contributed by atoms with E-state index in [-0.39, 0.29) is 24.7 Å². The first kappa shape index (κ1) is 19.9. The summed E-state index contributed by atoms with van der Waals surface area (Å²) >= 11 is 11.9. The number of nitrogens with zero attached hydrogens (tertiary/aromatic N) is 1. The van der Waals surface area contributed by atoms with E-state index in [1.165, 1.54) is 6.21 Å². The molecule has 26 heavy (non-hydrogen) atoms. The maximum absolute atomic E-state index is 11.9. The van der Waals surface area contributed by atoms with Gasteiger partial charge in [-0.1, -0.05) is 41.4 Å². The van der Waals surface area contributed by atoms with Crippen LogP contribution in [0.2, 0.25) is 10.0 Å². The van der Waals surface area contributed by atoms with Gasteiger partial charge in [-0.15, -0.1) is 0 Å². The summed E-state index contributed by atoms with van der Waals surface area (Å²) in [5.41, 5.74) is 5.91. The highest BCUT2D eigenvalue weighted by Gasteiger charge is 2.07. The third kappa shape index (κ3) is 5.86. The van der Waals surface area contributed by atoms with Crippen molar-refractivity contribution in [1.82, 2.24) is 5.43 Å². The zero-order chi connectivity index (χ0) is 19.1. The van der Waals surface area contributed by atoms with Crippen LogP contribution in [-0.2, 0) is 9.59 Å². The molecule has 0 saturated carbocycles. The molecule has 2 amide bonds. The van der Waals surface area contributed by atoms with Crippen molar-refractivity contribution in [2.45, 2.75) is 26.7 Å². The van der Waals surface area contributed by atoms with E-state index in [4.69, 9.17) is 23.2 Å². The fraction of sp³-hybridized carbons (Fsp3) is 0.211. The summed E-state index contributed by atoms with van der Waals surface area (Å²) in [6, 6.07) is 10.8. The zero-order valence-corrected chi connectivity index (χ0v) is 16.0. The molecule has 0 atom stereocenters. The maximum atomic E-state index is 11.9. The van der Waals surface area contributed by atoms with Crippen molar-refractivity contribution in [2.24, 2.45) is 5.10 Å². The third-order valence-electron chi connectivity index (χ3n) is 3.74. The first-order chi connectivity index (χ1) is 12.4. The van der Waals surface area contributed by atoms with E-state index in [0.29, 0.717) is 21.3 Å². The summed E-state index contributed by atoms with van der Waals surface area (Å²) in [6.07, 6.45) is 1.49. The highest BCUT2D eigenvalue weighted by Crippen LogP contribution is 2.24. The highest BCUT2D eigenvalue weighted by molar-refractivity contribution is 6.43. The number of aryl methyl sites for hydroxylation is 2. The topological polar surface area (TPSA) is 70.6 Å². The van der Waals surface area contributed by atoms with Crippen molar-refractivity contribution in [3.05, 3.63) is 63.1 Å². The second-order valence-electron chi connectivity index (χ2n) is 5.78. The molecule has 0 aliphatic heterocycles. The summed E-state index contributed by atoms with van der Waals surface area (Å²) in [6.45, 7) is 3.98. The van der Waals surface area contributed by atoms with Gasteiger partial charge in [0.05, 0.1) is 16.3 Å². The Morgan fingerprint density at radius 1 is 1.04 bits per heavy atom. The number of carbonyl (C=O) groups excluding carboxylic acids is 2. The van der Waals surface area contributed by atoms with Crippen LogP contribution in [0.3, 0.4) is 0 Å². The molecule has 0 saturated heterocycles. The first-order valence-electron chi connectivity index (χ1n) is 8.00. The molecule has 2 rings (SSSR count). The lowest BCUT2D eigenvalue weighted by Crippen LogP contribution is -2.20. The molecule has 5 nitrogen and oxygen atoms in total. The van der Waals surface area contributed by atoms with Gasteiger partial charge >= 0.3 is 0 Å². The Labute approximate surface area is 162 Å². The third-order valence-corrected chi connectivity index (χ3v) is 4.58. The average Bonchev–Trinajstić information content (AvgIpc) is 2.60. The van der Waals surface area contributed by atoms with E-state index in [1.54, 1.807) is 18.2 Å². The molecule has 0 spiro atoms. The lowest BCUT2D eigenvalue weighted by atomic mass is 10.1. The smallest absolute Gasteiger partial charge is 0.240 e. The van der Waals surface area contributed by atoms with Gasteiger partial charge in [0.15, 0.2) is 0 Å². The predicted octanol–water partition coefficient (Wildman–Crippen LogP) is 4.48. The van der Waals surface area contributed by atoms with Gasteiger partial charge in [0, 0.05) is 24.1 Å². The molecular formula is C19H19Cl2N3O2. The summed E-state index contributed by atoms with van der Waals surface area (Å²) in [7, 11) is 0. The van der Waals surface area contributed by atoms with Gasteiger partial charge in [-0.25, -0.2) is 5.43 Å². The Hall–Kier alpha value is -2.37. The van der Waals surface area contributed by atoms with Gasteiger partial charge in [-0.05, 0) is 43.2 Å². The van der Waals surface area contributed by atoms with Crippen LogP contribution in [0.4, 0.5) is 5.69 Å². The minimum atomic E-state index is -0.366. The number of nitrogens with one attached hydrogen (secondary N) is 2. The highest BCUT2D eigenvalue weighted by atomic mass is 35.5. The van der Waals surface area contributed by atoms with E-state index in [2.05, 4.69) is 15.8 Å². The van der Waals surface area contributed by atoms with Crippen molar-refractivity contribution in [3.63, 3.8) is 0 Å². The maximum Gasteiger partial charge on any atom is 0.240 e. The van der Waals surface area contributed by atoms with Gasteiger partial charge in [-0.2, -0.15) is 5.10 Å². The summed E-state index contributed by atoms with van der Waals surface area (Å²) in [5.74, 6) is -0.597. The summed E-state index contributed by atoms with van der Waals surface area (Å²) in [5, 5.41) is 7.37. The lowest BCUT2D eigenvalue weighted by Gasteiger charge is -2.07. The van der Waals surface area contributed by atoms with E-state index in [0.717, 1.165) is 11.1 Å². The monoisotopic (exact) mass is 391 g/mol. The fourth-order valence-electron chi connectivity index (χ4n) is 2.12. The fourth-order valence-corrected chi connectivity index (χ4v) is 2.48. The molecule has 0 aromatic heterocycles. The Balaban J connectivity index is 1.79. The zero-order valence-electron chi connectivity index (χ0n) is 14.5. The largest absolute Gasteiger partial charge is 0.326 e. The van der Waals surface area contributed by atoms with Crippen LogP contribution in [0.5, 0.6) is 0 Å². The van der Waals surface area contributed by atoms with Crippen LogP contribution in [0.1, 0.15) is 29.5 Å². The number of amides is 2. The molecule has 0 heterocycles. The van der Waals surface area contributed by atoms with Gasteiger partial charge in [0.25, 0.3) is 0 Å². The first-order valence-corrected chi connectivity index (χ1v) is 8.75. The van der Waals surface area contributed by atoms with Crippen LogP contribution in [0, 0.1) is 13.8 Å². The Kier molecular flexibility index (Phi) is 7.18. The van der Waals surface area contributed by atoms with Gasteiger partial charge < -0.3 is 5.32 Å². The Morgan fingerprint density at radius 3 is 2.50 bits per heavy atom. The Bertz CT molecular complexity index is 851. The number of anilines is 1. The van der Waals surface area contributed by atoms with Crippen molar-refractivity contribution < 1.29 is 9.59 Å². The van der Waals surface area contributed by atoms with E-state index in [9.17, 15) is 9.59 Å². The number of hydrogen-bond donors (Lipinski definition) is 2. The minimum Gasteiger partial charge on any atom is -0.326 e. The summed E-state index contributed by atoms with van der Waals surface area (Å²) < 4.78 is 0. The molecular weight excluding hydrogens is 373 g/mol. The standard InChI is InChI=1S/C19H19Cl2N3O2/c1-12-6-7-15(10-13(12)2)23-17(25)8-9-18(26)24-22-11-14-4-3-5-16(20)19(14)21/h3-7,10-11H,8-9H2,1-2H3,(H,23,25)(H,24,26)/b22-11+. The van der Waals surface area contributed by atoms with E-state index >= 15 is 0 Å². The molecule has 0 aliphatic carbocycles. The van der Waals surface area contributed by atoms with E-state index in [1.807, 2.05) is 32.0 Å². The minimum absolute atomic E-state index is 0.0251. The summed E-state index contributed by atoms with van der Waals surface area (Å²) in [4.78, 5) is 23.7. The van der Waals surface area contributed by atoms with Crippen LogP contribution in [0.15, 0.2) is 41.5 Å². The molecule has 0 bridgehead atoms. The van der Waals surface area contributed by atoms with Crippen molar-refractivity contribution >= 4 is 46.9 Å². The molecule has 0 unspecified atom stereocenters. The quantitative estimate of drug-likeness (QED) is 0.562. The van der Waals surface area contributed by atoms with Crippen LogP contribution in [-0.4, -0.2) is 18.0 Å². The number of benzene rings is 2. The SMILES string of the molecule is Cc1ccc(NC(=O)CCC(=O)N/N=C/c2cccc(Cl)c2Cl)cc1C. The average molecular weight is 392 g/mol. The van der Waals surface area contributed by atoms with Crippen molar-refractivity contribution in [3.8, 4) is 0 Å². The number of hydrogen-bond acceptors (Lipinski definition) is 3. The predicted molar refractivity (Wildman–Crippen MR) is 106 cm³/mol. The Morgan fingerprint density at radius 2 is 1.77 bits per heavy atom. The van der Waals surface area contributed by atoms with Crippen LogP contribution in [0.25, 0.3) is 0 Å². The molecule has 0 radical (unpaired) electrons. The van der Waals surface area contributed by atoms with Crippen LogP contribution < -0.4 is 10.7 Å². The molecule has 2 N–H and O–H groups in total. The van der Waals surface area contributed by atoms with Crippen molar-refractivity contribution in [1.29, 1.82) is 0 Å². The molecule has 0 aliphatic rings. The van der Waals surface area contributed by atoms with Gasteiger partial charge in [0.1, 0.15) is 0 Å². The molecule has 0 fully saturated rings. The second kappa shape index (κ2) is 9.36. The number of halogens is 2. The normalized spacial score (nSPS) is 10.8. The molecule has 2 aromatic carbocycles. The van der Waals surface area contributed by atoms with E-state index < -0.39 is 0 Å². The molecule has 2 aromatic rings. The molecule has 136 valence electrons. The van der Waals surface area contributed by atoms with Gasteiger partial charge in [0.2, 0.25) is 11.8 Å². The lowest BCUT2D eigenvalue weighted by molar-refractivity contribution is -0.124.